The number of hydrogen-bond acceptors (Lipinski definition) is 15. The van der Waals surface area contributed by atoms with Crippen molar-refractivity contribution in [3.05, 3.63) is 0 Å². The van der Waals surface area contributed by atoms with Crippen molar-refractivity contribution < 1.29 is 80.2 Å². The third-order valence-corrected chi connectivity index (χ3v) is 20.2. The number of ether oxygens (including phenoxy) is 4. The minimum absolute atomic E-state index is 0.107. The van der Waals surface area contributed by atoms with Crippen LogP contribution in [0.5, 0.6) is 0 Å². The fraction of sp³-hybridized carbons (Fsp3) is 0.949. The Balaban J connectivity index is 5.18. The van der Waals surface area contributed by atoms with Crippen molar-refractivity contribution in [2.45, 2.75) is 432 Å². The number of unbranched alkanes of at least 4 members (excludes halogenated alkanes) is 50. The van der Waals surface area contributed by atoms with Gasteiger partial charge in [0.25, 0.3) is 0 Å². The standard InChI is InChI=1S/C78H152O17P2/c1-6-9-12-15-18-21-24-27-28-29-30-31-32-33-34-35-36-39-42-49-54-59-64-78(83)94-73(67-88-75(80)61-56-51-46-40-37-25-22-19-16-13-10-7-2)69-92-96(84,85)90-65-72(79)66-91-97(86,87)93-70-74(68-89-76(81)62-57-52-47-44-43-45-50-55-60-71(4)5)95-77(82)63-58-53-48-41-38-26-23-20-17-14-11-8-3/h71-74,79H,6-70H2,1-5H3,(H,84,85)(H,86,87)/t72-,73-,74-/m1/s1. The summed E-state index contributed by atoms with van der Waals surface area (Å²) in [6.45, 7) is 7.26. The molecule has 5 atom stereocenters. The van der Waals surface area contributed by atoms with Gasteiger partial charge < -0.3 is 33.8 Å². The zero-order chi connectivity index (χ0) is 71.2. The highest BCUT2D eigenvalue weighted by molar-refractivity contribution is 7.47. The van der Waals surface area contributed by atoms with E-state index in [4.69, 9.17) is 37.0 Å². The highest BCUT2D eigenvalue weighted by Crippen LogP contribution is 2.45. The maximum Gasteiger partial charge on any atom is 0.472 e. The van der Waals surface area contributed by atoms with Crippen molar-refractivity contribution in [3.63, 3.8) is 0 Å². The van der Waals surface area contributed by atoms with Crippen LogP contribution in [0.4, 0.5) is 0 Å². The summed E-state index contributed by atoms with van der Waals surface area (Å²) >= 11 is 0. The Morgan fingerprint density at radius 3 is 0.701 bits per heavy atom. The highest BCUT2D eigenvalue weighted by Gasteiger charge is 2.30. The van der Waals surface area contributed by atoms with Gasteiger partial charge in [-0.2, -0.15) is 0 Å². The maximum atomic E-state index is 13.1. The Bertz CT molecular complexity index is 1860. The van der Waals surface area contributed by atoms with E-state index in [9.17, 15) is 43.2 Å². The third kappa shape index (κ3) is 72.2. The minimum atomic E-state index is -4.96. The number of esters is 4. The molecule has 0 aliphatic heterocycles. The largest absolute Gasteiger partial charge is 0.472 e. The third-order valence-electron chi connectivity index (χ3n) is 18.3. The molecule has 0 aromatic carbocycles. The number of phosphoric ester groups is 2. The van der Waals surface area contributed by atoms with Gasteiger partial charge in [0, 0.05) is 25.7 Å². The van der Waals surface area contributed by atoms with E-state index in [2.05, 4.69) is 34.6 Å². The average Bonchev–Trinajstić information content (AvgIpc) is 1.40. The summed E-state index contributed by atoms with van der Waals surface area (Å²) in [7, 11) is -9.91. The summed E-state index contributed by atoms with van der Waals surface area (Å²) < 4.78 is 68.6. The second-order valence-electron chi connectivity index (χ2n) is 28.6. The van der Waals surface area contributed by atoms with Crippen molar-refractivity contribution in [2.24, 2.45) is 5.92 Å². The van der Waals surface area contributed by atoms with E-state index in [-0.39, 0.29) is 25.7 Å². The molecule has 0 heterocycles. The van der Waals surface area contributed by atoms with Gasteiger partial charge in [-0.25, -0.2) is 9.13 Å². The molecular formula is C78H152O17P2. The van der Waals surface area contributed by atoms with Crippen molar-refractivity contribution in [1.29, 1.82) is 0 Å². The molecule has 0 radical (unpaired) electrons. The Morgan fingerprint density at radius 1 is 0.278 bits per heavy atom. The van der Waals surface area contributed by atoms with Crippen molar-refractivity contribution >= 4 is 39.5 Å². The van der Waals surface area contributed by atoms with E-state index in [1.54, 1.807) is 0 Å². The molecule has 2 unspecified atom stereocenters. The molecule has 0 spiro atoms. The molecule has 0 aromatic heterocycles. The van der Waals surface area contributed by atoms with E-state index in [1.807, 2.05) is 0 Å². The van der Waals surface area contributed by atoms with E-state index < -0.39 is 97.5 Å². The van der Waals surface area contributed by atoms with Crippen LogP contribution in [0.25, 0.3) is 0 Å². The van der Waals surface area contributed by atoms with E-state index in [0.29, 0.717) is 25.7 Å². The van der Waals surface area contributed by atoms with Crippen LogP contribution in [0.2, 0.25) is 0 Å². The van der Waals surface area contributed by atoms with Crippen LogP contribution < -0.4 is 0 Å². The Hall–Kier alpha value is -1.94. The van der Waals surface area contributed by atoms with Gasteiger partial charge in [0.15, 0.2) is 12.2 Å². The summed E-state index contributed by atoms with van der Waals surface area (Å²) in [4.78, 5) is 72.8. The Kier molecular flexibility index (Phi) is 69.6. The molecule has 19 heteroatoms. The lowest BCUT2D eigenvalue weighted by molar-refractivity contribution is -0.161. The number of aliphatic hydroxyl groups excluding tert-OH is 1. The molecule has 3 N–H and O–H groups in total. The topological polar surface area (TPSA) is 237 Å². The molecule has 17 nitrogen and oxygen atoms in total. The molecule has 0 bridgehead atoms. The van der Waals surface area contributed by atoms with Crippen LogP contribution in [0.3, 0.4) is 0 Å². The highest BCUT2D eigenvalue weighted by atomic mass is 31.2. The van der Waals surface area contributed by atoms with Crippen LogP contribution in [-0.4, -0.2) is 96.7 Å². The maximum absolute atomic E-state index is 13.1. The first kappa shape index (κ1) is 95.1. The van der Waals surface area contributed by atoms with Gasteiger partial charge in [0.2, 0.25) is 0 Å². The lowest BCUT2D eigenvalue weighted by Crippen LogP contribution is -2.30. The summed E-state index contributed by atoms with van der Waals surface area (Å²) in [6.07, 6.45) is 61.1. The number of hydrogen-bond donors (Lipinski definition) is 3. The second kappa shape index (κ2) is 71.1. The fourth-order valence-corrected chi connectivity index (χ4v) is 13.6. The first-order valence-corrected chi connectivity index (χ1v) is 43.6. The van der Waals surface area contributed by atoms with E-state index in [0.717, 1.165) is 95.8 Å². The molecule has 0 saturated carbocycles. The lowest BCUT2D eigenvalue weighted by atomic mass is 10.0. The van der Waals surface area contributed by atoms with Crippen LogP contribution in [0.1, 0.15) is 413 Å². The summed E-state index contributed by atoms with van der Waals surface area (Å²) in [6, 6.07) is 0. The monoisotopic (exact) mass is 1420 g/mol. The summed E-state index contributed by atoms with van der Waals surface area (Å²) in [5.74, 6) is -1.39. The zero-order valence-electron chi connectivity index (χ0n) is 63.2. The predicted octanol–water partition coefficient (Wildman–Crippen LogP) is 23.3. The average molecular weight is 1420 g/mol. The summed E-state index contributed by atoms with van der Waals surface area (Å²) in [5, 5.41) is 10.6. The molecule has 0 amide bonds. The lowest BCUT2D eigenvalue weighted by Gasteiger charge is -2.21. The van der Waals surface area contributed by atoms with Gasteiger partial charge in [0.1, 0.15) is 19.3 Å². The van der Waals surface area contributed by atoms with Gasteiger partial charge in [-0.05, 0) is 31.6 Å². The van der Waals surface area contributed by atoms with Crippen molar-refractivity contribution in [1.82, 2.24) is 0 Å². The van der Waals surface area contributed by atoms with Gasteiger partial charge in [0.05, 0.1) is 26.4 Å². The SMILES string of the molecule is CCCCCCCCCCCCCCCCCCCCCCCCC(=O)O[C@H](COC(=O)CCCCCCCCCCCCCC)COP(=O)(O)OC[C@@H](O)COP(=O)(O)OC[C@@H](COC(=O)CCCCCCCCCCC(C)C)OC(=O)CCCCCCCCCCCCCC. The van der Waals surface area contributed by atoms with E-state index in [1.165, 1.54) is 238 Å². The fourth-order valence-electron chi connectivity index (χ4n) is 12.1. The molecule has 97 heavy (non-hydrogen) atoms. The number of carbonyl (C=O) groups excluding carboxylic acids is 4. The van der Waals surface area contributed by atoms with Crippen LogP contribution >= 0.6 is 15.6 Å². The Morgan fingerprint density at radius 2 is 0.474 bits per heavy atom. The second-order valence-corrected chi connectivity index (χ2v) is 31.5. The molecule has 0 aliphatic carbocycles. The van der Waals surface area contributed by atoms with Crippen LogP contribution in [0, 0.1) is 5.92 Å². The predicted molar refractivity (Wildman–Crippen MR) is 395 cm³/mol. The summed E-state index contributed by atoms with van der Waals surface area (Å²) in [5.41, 5.74) is 0. The van der Waals surface area contributed by atoms with Gasteiger partial charge in [-0.1, -0.05) is 362 Å². The van der Waals surface area contributed by atoms with Gasteiger partial charge in [-0.3, -0.25) is 37.3 Å². The zero-order valence-corrected chi connectivity index (χ0v) is 65.0. The van der Waals surface area contributed by atoms with Crippen LogP contribution in [-0.2, 0) is 65.4 Å². The smallest absolute Gasteiger partial charge is 0.462 e. The van der Waals surface area contributed by atoms with Crippen molar-refractivity contribution in [3.8, 4) is 0 Å². The molecular weight excluding hydrogens is 1270 g/mol. The Labute approximate surface area is 594 Å². The van der Waals surface area contributed by atoms with E-state index >= 15 is 0 Å². The first-order valence-electron chi connectivity index (χ1n) is 40.6. The first-order chi connectivity index (χ1) is 47.0. The quantitative estimate of drug-likeness (QED) is 0.0222. The normalized spacial score (nSPS) is 13.9. The van der Waals surface area contributed by atoms with Gasteiger partial charge >= 0.3 is 39.5 Å². The van der Waals surface area contributed by atoms with Crippen molar-refractivity contribution in [2.75, 3.05) is 39.6 Å². The minimum Gasteiger partial charge on any atom is -0.462 e. The molecule has 0 saturated heterocycles. The number of carbonyl (C=O) groups is 4. The molecule has 0 fully saturated rings. The molecule has 0 aromatic rings. The van der Waals surface area contributed by atoms with Crippen LogP contribution in [0.15, 0.2) is 0 Å². The van der Waals surface area contributed by atoms with Gasteiger partial charge in [-0.15, -0.1) is 0 Å². The number of phosphoric acid groups is 2. The molecule has 576 valence electrons. The number of rotatable bonds is 78. The number of aliphatic hydroxyl groups is 1. The molecule has 0 aliphatic rings. The molecule has 0 rings (SSSR count).